The van der Waals surface area contributed by atoms with Gasteiger partial charge in [-0.1, -0.05) is 18.2 Å². The Morgan fingerprint density at radius 2 is 2.09 bits per heavy atom. The third-order valence-electron chi connectivity index (χ3n) is 3.13. The molecule has 0 spiro atoms. The number of hydrogen-bond donors (Lipinski definition) is 3. The number of benzene rings is 1. The second-order valence-electron chi connectivity index (χ2n) is 5.11. The number of aryl methyl sites for hydroxylation is 1. The second kappa shape index (κ2) is 8.67. The van der Waals surface area contributed by atoms with Crippen LogP contribution in [0.4, 0.5) is 11.5 Å². The minimum Gasteiger partial charge on any atom is -0.370 e. The van der Waals surface area contributed by atoms with Gasteiger partial charge in [-0.2, -0.15) is 0 Å². The van der Waals surface area contributed by atoms with Crippen LogP contribution >= 0.6 is 0 Å². The van der Waals surface area contributed by atoms with Crippen LogP contribution in [0.25, 0.3) is 0 Å². The Kier molecular flexibility index (Phi) is 6.23. The van der Waals surface area contributed by atoms with E-state index in [1.54, 1.807) is 6.20 Å². The van der Waals surface area contributed by atoms with Crippen molar-refractivity contribution in [2.75, 3.05) is 23.7 Å². The van der Waals surface area contributed by atoms with E-state index in [0.717, 1.165) is 30.9 Å². The molecule has 0 saturated carbocycles. The lowest BCUT2D eigenvalue weighted by Gasteiger charge is -2.07. The van der Waals surface area contributed by atoms with Crippen molar-refractivity contribution in [1.82, 2.24) is 4.98 Å². The maximum atomic E-state index is 5.87. The van der Waals surface area contributed by atoms with Crippen LogP contribution in [0.15, 0.2) is 53.7 Å². The molecular formula is C17H23N5. The van der Waals surface area contributed by atoms with Crippen LogP contribution < -0.4 is 16.4 Å². The van der Waals surface area contributed by atoms with E-state index >= 15 is 0 Å². The quantitative estimate of drug-likeness (QED) is 0.417. The zero-order valence-corrected chi connectivity index (χ0v) is 12.9. The lowest BCUT2D eigenvalue weighted by atomic mass is 10.2. The summed E-state index contributed by atoms with van der Waals surface area (Å²) in [6, 6.07) is 13.9. The molecule has 0 aliphatic carbocycles. The molecule has 4 N–H and O–H groups in total. The molecule has 0 aliphatic rings. The Hall–Kier alpha value is -2.56. The minimum absolute atomic E-state index is 0.461. The van der Waals surface area contributed by atoms with Crippen LogP contribution in [0.2, 0.25) is 0 Å². The summed E-state index contributed by atoms with van der Waals surface area (Å²) in [6.07, 6.45) is 3.79. The lowest BCUT2D eigenvalue weighted by Crippen LogP contribution is -2.22. The topological polar surface area (TPSA) is 75.3 Å². The first-order chi connectivity index (χ1) is 10.7. The summed E-state index contributed by atoms with van der Waals surface area (Å²) in [5.74, 6) is 1.37. The first kappa shape index (κ1) is 15.8. The first-order valence-corrected chi connectivity index (χ1v) is 7.52. The molecule has 22 heavy (non-hydrogen) atoms. The summed E-state index contributed by atoms with van der Waals surface area (Å²) in [5, 5.41) is 6.37. The predicted molar refractivity (Wildman–Crippen MR) is 93.3 cm³/mol. The van der Waals surface area contributed by atoms with E-state index in [-0.39, 0.29) is 0 Å². The third-order valence-corrected chi connectivity index (χ3v) is 3.13. The van der Waals surface area contributed by atoms with E-state index in [2.05, 4.69) is 20.6 Å². The van der Waals surface area contributed by atoms with Crippen molar-refractivity contribution in [2.45, 2.75) is 19.8 Å². The van der Waals surface area contributed by atoms with Gasteiger partial charge in [-0.3, -0.25) is 4.99 Å². The molecule has 2 aromatic rings. The Labute approximate surface area is 131 Å². The number of nitrogens with one attached hydrogen (secondary N) is 2. The largest absolute Gasteiger partial charge is 0.370 e. The fourth-order valence-electron chi connectivity index (χ4n) is 2.03. The summed E-state index contributed by atoms with van der Waals surface area (Å²) in [6.45, 7) is 3.65. The maximum absolute atomic E-state index is 5.87. The molecule has 0 amide bonds. The van der Waals surface area contributed by atoms with Gasteiger partial charge in [0.2, 0.25) is 0 Å². The average molecular weight is 297 g/mol. The van der Waals surface area contributed by atoms with Crippen molar-refractivity contribution in [2.24, 2.45) is 10.7 Å². The molecule has 0 aliphatic heterocycles. The van der Waals surface area contributed by atoms with Gasteiger partial charge in [0.25, 0.3) is 0 Å². The molecule has 1 heterocycles. The van der Waals surface area contributed by atoms with E-state index in [9.17, 15) is 0 Å². The molecule has 0 bridgehead atoms. The Bertz CT molecular complexity index is 595. The SMILES string of the molecule is Cc1cccc(NC(N)=NCCCCNc2ccccn2)c1. The number of aromatic nitrogens is 1. The van der Waals surface area contributed by atoms with Crippen LogP contribution in [0.5, 0.6) is 0 Å². The number of nitrogens with two attached hydrogens (primary N) is 1. The Balaban J connectivity index is 1.62. The molecule has 0 unspecified atom stereocenters. The molecule has 1 aromatic heterocycles. The zero-order chi connectivity index (χ0) is 15.6. The van der Waals surface area contributed by atoms with Gasteiger partial charge in [0.15, 0.2) is 5.96 Å². The predicted octanol–water partition coefficient (Wildman–Crippen LogP) is 3.01. The van der Waals surface area contributed by atoms with Crippen molar-refractivity contribution in [3.05, 3.63) is 54.2 Å². The van der Waals surface area contributed by atoms with Crippen LogP contribution in [-0.4, -0.2) is 24.0 Å². The molecule has 5 nitrogen and oxygen atoms in total. The molecule has 0 fully saturated rings. The number of anilines is 2. The van der Waals surface area contributed by atoms with Crippen LogP contribution in [0.3, 0.4) is 0 Å². The number of guanidine groups is 1. The maximum Gasteiger partial charge on any atom is 0.193 e. The lowest BCUT2D eigenvalue weighted by molar-refractivity contribution is 0.772. The second-order valence-corrected chi connectivity index (χ2v) is 5.11. The van der Waals surface area contributed by atoms with Crippen molar-refractivity contribution < 1.29 is 0 Å². The minimum atomic E-state index is 0.461. The molecule has 1 aromatic carbocycles. The van der Waals surface area contributed by atoms with Gasteiger partial charge in [0, 0.05) is 25.0 Å². The number of nitrogens with zero attached hydrogens (tertiary/aromatic N) is 2. The van der Waals surface area contributed by atoms with Gasteiger partial charge < -0.3 is 16.4 Å². The molecule has 2 rings (SSSR count). The van der Waals surface area contributed by atoms with Crippen molar-refractivity contribution >= 4 is 17.5 Å². The molecule has 5 heteroatoms. The Morgan fingerprint density at radius 1 is 1.18 bits per heavy atom. The van der Waals surface area contributed by atoms with Gasteiger partial charge in [0.1, 0.15) is 5.82 Å². The van der Waals surface area contributed by atoms with E-state index in [4.69, 9.17) is 5.73 Å². The number of hydrogen-bond acceptors (Lipinski definition) is 3. The van der Waals surface area contributed by atoms with Crippen molar-refractivity contribution in [3.8, 4) is 0 Å². The van der Waals surface area contributed by atoms with Crippen LogP contribution in [0.1, 0.15) is 18.4 Å². The van der Waals surface area contributed by atoms with Gasteiger partial charge in [-0.05, 0) is 49.6 Å². The van der Waals surface area contributed by atoms with Crippen LogP contribution in [-0.2, 0) is 0 Å². The molecule has 0 atom stereocenters. The highest BCUT2D eigenvalue weighted by Gasteiger charge is 1.95. The van der Waals surface area contributed by atoms with E-state index in [1.165, 1.54) is 5.56 Å². The zero-order valence-electron chi connectivity index (χ0n) is 12.9. The smallest absolute Gasteiger partial charge is 0.193 e. The number of rotatable bonds is 7. The fraction of sp³-hybridized carbons (Fsp3) is 0.294. The average Bonchev–Trinajstić information content (AvgIpc) is 2.52. The standard InChI is InChI=1S/C17H23N5/c1-14-7-6-8-15(13-14)22-17(18)21-12-5-4-11-20-16-9-2-3-10-19-16/h2-3,6-10,13H,4-5,11-12H2,1H3,(H,19,20)(H3,18,21,22). The summed E-state index contributed by atoms with van der Waals surface area (Å²) >= 11 is 0. The number of aliphatic imine (C=N–C) groups is 1. The highest BCUT2D eigenvalue weighted by Crippen LogP contribution is 2.08. The summed E-state index contributed by atoms with van der Waals surface area (Å²) < 4.78 is 0. The van der Waals surface area contributed by atoms with Crippen molar-refractivity contribution in [1.29, 1.82) is 0 Å². The third kappa shape index (κ3) is 5.83. The summed E-state index contributed by atoms with van der Waals surface area (Å²) in [5.41, 5.74) is 8.04. The monoisotopic (exact) mass is 297 g/mol. The molecule has 0 radical (unpaired) electrons. The highest BCUT2D eigenvalue weighted by atomic mass is 15.1. The molecular weight excluding hydrogens is 274 g/mol. The van der Waals surface area contributed by atoms with Crippen LogP contribution in [0, 0.1) is 6.92 Å². The van der Waals surface area contributed by atoms with Gasteiger partial charge in [-0.15, -0.1) is 0 Å². The van der Waals surface area contributed by atoms with Gasteiger partial charge >= 0.3 is 0 Å². The van der Waals surface area contributed by atoms with E-state index < -0.39 is 0 Å². The van der Waals surface area contributed by atoms with Crippen molar-refractivity contribution in [3.63, 3.8) is 0 Å². The normalized spacial score (nSPS) is 11.2. The Morgan fingerprint density at radius 3 is 2.86 bits per heavy atom. The molecule has 116 valence electrons. The first-order valence-electron chi connectivity index (χ1n) is 7.52. The number of pyridine rings is 1. The highest BCUT2D eigenvalue weighted by molar-refractivity contribution is 5.92. The summed E-state index contributed by atoms with van der Waals surface area (Å²) in [4.78, 5) is 8.54. The van der Waals surface area contributed by atoms with E-state index in [1.807, 2.05) is 49.4 Å². The van der Waals surface area contributed by atoms with Gasteiger partial charge in [0.05, 0.1) is 0 Å². The van der Waals surface area contributed by atoms with E-state index in [0.29, 0.717) is 12.5 Å². The fourth-order valence-corrected chi connectivity index (χ4v) is 2.03. The number of unbranched alkanes of at least 4 members (excludes halogenated alkanes) is 1. The molecule has 0 saturated heterocycles. The summed E-state index contributed by atoms with van der Waals surface area (Å²) in [7, 11) is 0. The van der Waals surface area contributed by atoms with Gasteiger partial charge in [-0.25, -0.2) is 4.98 Å².